The molecule has 2 nitrogen and oxygen atoms in total. The lowest BCUT2D eigenvalue weighted by atomic mass is 10.2. The van der Waals surface area contributed by atoms with E-state index in [2.05, 4.69) is 5.92 Å². The summed E-state index contributed by atoms with van der Waals surface area (Å²) in [6.07, 6.45) is 5.81. The van der Waals surface area contributed by atoms with Crippen LogP contribution in [0, 0.1) is 12.3 Å². The molecule has 14 heavy (non-hydrogen) atoms. The largest absolute Gasteiger partial charge is 0.464 e. The zero-order valence-corrected chi connectivity index (χ0v) is 7.90. The van der Waals surface area contributed by atoms with Crippen LogP contribution in [0.5, 0.6) is 0 Å². The van der Waals surface area contributed by atoms with Crippen LogP contribution < -0.4 is 0 Å². The highest BCUT2D eigenvalue weighted by Crippen LogP contribution is 2.00. The molecule has 0 aliphatic carbocycles. The molecule has 72 valence electrons. The Morgan fingerprint density at radius 2 is 2.07 bits per heavy atom. The van der Waals surface area contributed by atoms with E-state index < -0.39 is 0 Å². The van der Waals surface area contributed by atoms with Gasteiger partial charge in [0.25, 0.3) is 0 Å². The number of benzene rings is 1. The minimum atomic E-state index is -0.230. The standard InChI is InChI=1S/C12H12O2/c1-2-3-9-14-12(13)10-11-7-5-4-6-8-11/h1,4-8H,3,9-10H2. The molecule has 0 heterocycles. The fraction of sp³-hybridized carbons (Fsp3) is 0.250. The first kappa shape index (κ1) is 10.3. The van der Waals surface area contributed by atoms with E-state index in [1.807, 2.05) is 30.3 Å². The first-order valence-corrected chi connectivity index (χ1v) is 4.46. The third-order valence-electron chi connectivity index (χ3n) is 1.70. The van der Waals surface area contributed by atoms with Crippen molar-refractivity contribution in [1.82, 2.24) is 0 Å². The Balaban J connectivity index is 2.32. The average Bonchev–Trinajstić information content (AvgIpc) is 2.20. The number of carbonyl (C=O) groups is 1. The van der Waals surface area contributed by atoms with Crippen molar-refractivity contribution >= 4 is 5.97 Å². The van der Waals surface area contributed by atoms with Gasteiger partial charge in [-0.15, -0.1) is 12.3 Å². The molecule has 0 radical (unpaired) electrons. The third-order valence-corrected chi connectivity index (χ3v) is 1.70. The number of hydrogen-bond donors (Lipinski definition) is 0. The summed E-state index contributed by atoms with van der Waals surface area (Å²) in [4.78, 5) is 11.2. The second-order valence-corrected chi connectivity index (χ2v) is 2.84. The zero-order chi connectivity index (χ0) is 10.2. The Hall–Kier alpha value is -1.75. The van der Waals surface area contributed by atoms with Gasteiger partial charge < -0.3 is 4.74 Å². The maximum Gasteiger partial charge on any atom is 0.310 e. The molecule has 0 bridgehead atoms. The Kier molecular flexibility index (Phi) is 4.30. The van der Waals surface area contributed by atoms with Crippen LogP contribution in [0.2, 0.25) is 0 Å². The quantitative estimate of drug-likeness (QED) is 0.409. The van der Waals surface area contributed by atoms with Gasteiger partial charge in [-0.25, -0.2) is 0 Å². The maximum absolute atomic E-state index is 11.2. The summed E-state index contributed by atoms with van der Waals surface area (Å²) in [5.41, 5.74) is 0.957. The molecule has 0 fully saturated rings. The zero-order valence-electron chi connectivity index (χ0n) is 7.90. The monoisotopic (exact) mass is 188 g/mol. The molecule has 1 aromatic carbocycles. The SMILES string of the molecule is C#CCCOC(=O)Cc1ccccc1. The number of hydrogen-bond acceptors (Lipinski definition) is 2. The predicted octanol–water partition coefficient (Wildman–Crippen LogP) is 1.80. The van der Waals surface area contributed by atoms with Gasteiger partial charge in [-0.3, -0.25) is 4.79 Å². The van der Waals surface area contributed by atoms with Gasteiger partial charge in [0, 0.05) is 6.42 Å². The van der Waals surface area contributed by atoms with Crippen LogP contribution in [0.15, 0.2) is 30.3 Å². The molecule has 0 aromatic heterocycles. The summed E-state index contributed by atoms with van der Waals surface area (Å²) in [7, 11) is 0. The lowest BCUT2D eigenvalue weighted by Crippen LogP contribution is -2.08. The van der Waals surface area contributed by atoms with Crippen LogP contribution in [-0.2, 0) is 16.0 Å². The van der Waals surface area contributed by atoms with E-state index in [0.717, 1.165) is 5.56 Å². The first-order valence-electron chi connectivity index (χ1n) is 4.46. The molecule has 0 atom stereocenters. The van der Waals surface area contributed by atoms with Crippen molar-refractivity contribution < 1.29 is 9.53 Å². The number of rotatable bonds is 4. The molecule has 0 saturated heterocycles. The van der Waals surface area contributed by atoms with E-state index in [4.69, 9.17) is 11.2 Å². The molecule has 0 aliphatic heterocycles. The summed E-state index contributed by atoms with van der Waals surface area (Å²) in [6.45, 7) is 0.308. The molecular weight excluding hydrogens is 176 g/mol. The Morgan fingerprint density at radius 1 is 1.36 bits per heavy atom. The molecule has 0 N–H and O–H groups in total. The maximum atomic E-state index is 11.2. The van der Waals surface area contributed by atoms with Crippen molar-refractivity contribution in [3.63, 3.8) is 0 Å². The van der Waals surface area contributed by atoms with E-state index >= 15 is 0 Å². The normalized spacial score (nSPS) is 9.07. The van der Waals surface area contributed by atoms with Gasteiger partial charge in [-0.05, 0) is 5.56 Å². The molecule has 0 unspecified atom stereocenters. The highest BCUT2D eigenvalue weighted by atomic mass is 16.5. The van der Waals surface area contributed by atoms with Crippen LogP contribution in [-0.4, -0.2) is 12.6 Å². The highest BCUT2D eigenvalue weighted by molar-refractivity contribution is 5.72. The lowest BCUT2D eigenvalue weighted by Gasteiger charge is -2.02. The van der Waals surface area contributed by atoms with E-state index in [1.165, 1.54) is 0 Å². The summed E-state index contributed by atoms with van der Waals surface area (Å²) < 4.78 is 4.90. The van der Waals surface area contributed by atoms with E-state index in [-0.39, 0.29) is 5.97 Å². The smallest absolute Gasteiger partial charge is 0.310 e. The fourth-order valence-corrected chi connectivity index (χ4v) is 1.04. The molecular formula is C12H12O2. The third kappa shape index (κ3) is 3.77. The number of terminal acetylenes is 1. The van der Waals surface area contributed by atoms with E-state index in [1.54, 1.807) is 0 Å². The summed E-state index contributed by atoms with van der Waals surface area (Å²) in [5, 5.41) is 0. The van der Waals surface area contributed by atoms with Gasteiger partial charge in [0.15, 0.2) is 0 Å². The van der Waals surface area contributed by atoms with E-state index in [9.17, 15) is 4.79 Å². The summed E-state index contributed by atoms with van der Waals surface area (Å²) in [5.74, 6) is 2.18. The molecule has 0 saturated carbocycles. The molecule has 0 aliphatic rings. The number of carbonyl (C=O) groups excluding carboxylic acids is 1. The van der Waals surface area contributed by atoms with Crippen molar-refractivity contribution in [3.8, 4) is 12.3 Å². The van der Waals surface area contributed by atoms with Crippen molar-refractivity contribution in [2.75, 3.05) is 6.61 Å². The van der Waals surface area contributed by atoms with Crippen LogP contribution in [0.1, 0.15) is 12.0 Å². The highest BCUT2D eigenvalue weighted by Gasteiger charge is 2.02. The van der Waals surface area contributed by atoms with Gasteiger partial charge in [-0.2, -0.15) is 0 Å². The van der Waals surface area contributed by atoms with Gasteiger partial charge in [-0.1, -0.05) is 30.3 Å². The molecule has 1 aromatic rings. The molecule has 0 amide bonds. The molecule has 2 heteroatoms. The van der Waals surface area contributed by atoms with Gasteiger partial charge in [0.2, 0.25) is 0 Å². The van der Waals surface area contributed by atoms with E-state index in [0.29, 0.717) is 19.4 Å². The molecule has 1 rings (SSSR count). The second kappa shape index (κ2) is 5.82. The number of ether oxygens (including phenoxy) is 1. The predicted molar refractivity (Wildman–Crippen MR) is 54.6 cm³/mol. The van der Waals surface area contributed by atoms with Gasteiger partial charge in [0.05, 0.1) is 6.42 Å². The second-order valence-electron chi connectivity index (χ2n) is 2.84. The van der Waals surface area contributed by atoms with Gasteiger partial charge in [0.1, 0.15) is 6.61 Å². The van der Waals surface area contributed by atoms with Crippen LogP contribution >= 0.6 is 0 Å². The van der Waals surface area contributed by atoms with Crippen LogP contribution in [0.4, 0.5) is 0 Å². The van der Waals surface area contributed by atoms with Crippen LogP contribution in [0.3, 0.4) is 0 Å². The lowest BCUT2D eigenvalue weighted by molar-refractivity contribution is -0.142. The van der Waals surface area contributed by atoms with Crippen LogP contribution in [0.25, 0.3) is 0 Å². The summed E-state index contributed by atoms with van der Waals surface area (Å²) >= 11 is 0. The number of esters is 1. The topological polar surface area (TPSA) is 26.3 Å². The van der Waals surface area contributed by atoms with Crippen molar-refractivity contribution in [3.05, 3.63) is 35.9 Å². The summed E-state index contributed by atoms with van der Waals surface area (Å²) in [6, 6.07) is 9.48. The average molecular weight is 188 g/mol. The Bertz CT molecular complexity index is 322. The minimum absolute atomic E-state index is 0.230. The van der Waals surface area contributed by atoms with Crippen molar-refractivity contribution in [1.29, 1.82) is 0 Å². The fourth-order valence-electron chi connectivity index (χ4n) is 1.04. The Labute approximate surface area is 83.9 Å². The molecule has 0 spiro atoms. The van der Waals surface area contributed by atoms with Crippen molar-refractivity contribution in [2.45, 2.75) is 12.8 Å². The first-order chi connectivity index (χ1) is 6.83. The van der Waals surface area contributed by atoms with Crippen molar-refractivity contribution in [2.24, 2.45) is 0 Å². The van der Waals surface area contributed by atoms with Gasteiger partial charge >= 0.3 is 5.97 Å². The minimum Gasteiger partial charge on any atom is -0.464 e. The Morgan fingerprint density at radius 3 is 2.71 bits per heavy atom.